The number of aromatic nitrogens is 1. The van der Waals surface area contributed by atoms with Gasteiger partial charge in [-0.2, -0.15) is 0 Å². The second-order valence-electron chi connectivity index (χ2n) is 3.30. The zero-order valence-electron chi connectivity index (χ0n) is 8.45. The van der Waals surface area contributed by atoms with E-state index in [1.54, 1.807) is 12.3 Å². The molecule has 0 bridgehead atoms. The zero-order chi connectivity index (χ0) is 11.4. The van der Waals surface area contributed by atoms with Crippen molar-refractivity contribution in [3.05, 3.63) is 59.0 Å². The van der Waals surface area contributed by atoms with E-state index >= 15 is 0 Å². The molecule has 0 aliphatic heterocycles. The first-order chi connectivity index (χ1) is 7.75. The van der Waals surface area contributed by atoms with Crippen molar-refractivity contribution in [1.82, 2.24) is 4.98 Å². The van der Waals surface area contributed by atoms with Crippen LogP contribution in [-0.4, -0.2) is 4.98 Å². The van der Waals surface area contributed by atoms with Gasteiger partial charge in [0.15, 0.2) is 0 Å². The summed E-state index contributed by atoms with van der Waals surface area (Å²) in [6.45, 7) is 0.452. The average molecular weight is 237 g/mol. The number of halogens is 2. The molecule has 1 heterocycles. The number of hydrogen-bond donors (Lipinski definition) is 1. The predicted octanol–water partition coefficient (Wildman–Crippen LogP) is 3.49. The molecule has 0 aliphatic carbocycles. The number of rotatable bonds is 3. The molecule has 4 heteroatoms. The SMILES string of the molecule is Fc1ccc(Cl)c(CNc2ccccn2)c1. The maximum absolute atomic E-state index is 13.0. The number of nitrogens with one attached hydrogen (secondary N) is 1. The van der Waals surface area contributed by atoms with Gasteiger partial charge in [-0.1, -0.05) is 17.7 Å². The van der Waals surface area contributed by atoms with Crippen molar-refractivity contribution in [2.45, 2.75) is 6.54 Å². The Hall–Kier alpha value is -1.61. The van der Waals surface area contributed by atoms with Gasteiger partial charge in [0.05, 0.1) is 0 Å². The summed E-state index contributed by atoms with van der Waals surface area (Å²) in [5, 5.41) is 3.61. The van der Waals surface area contributed by atoms with Gasteiger partial charge < -0.3 is 5.32 Å². The molecule has 1 aromatic heterocycles. The molecule has 0 spiro atoms. The van der Waals surface area contributed by atoms with Crippen LogP contribution < -0.4 is 5.32 Å². The second kappa shape index (κ2) is 4.94. The van der Waals surface area contributed by atoms with Crippen LogP contribution in [-0.2, 0) is 6.54 Å². The van der Waals surface area contributed by atoms with Crippen LogP contribution in [0.4, 0.5) is 10.2 Å². The molecule has 16 heavy (non-hydrogen) atoms. The van der Waals surface area contributed by atoms with E-state index in [0.29, 0.717) is 17.1 Å². The number of nitrogens with zero attached hydrogens (tertiary/aromatic N) is 1. The van der Waals surface area contributed by atoms with Gasteiger partial charge in [-0.3, -0.25) is 0 Å². The molecule has 2 aromatic rings. The molecular formula is C12H10ClFN2. The first-order valence-corrected chi connectivity index (χ1v) is 5.22. The fourth-order valence-corrected chi connectivity index (χ4v) is 1.52. The fourth-order valence-electron chi connectivity index (χ4n) is 1.33. The largest absolute Gasteiger partial charge is 0.366 e. The highest BCUT2D eigenvalue weighted by Crippen LogP contribution is 2.18. The lowest BCUT2D eigenvalue weighted by atomic mass is 10.2. The smallest absolute Gasteiger partial charge is 0.126 e. The van der Waals surface area contributed by atoms with Gasteiger partial charge in [0.25, 0.3) is 0 Å². The van der Waals surface area contributed by atoms with Crippen LogP contribution in [0, 0.1) is 5.82 Å². The van der Waals surface area contributed by atoms with Gasteiger partial charge in [0, 0.05) is 17.8 Å². The molecule has 2 nitrogen and oxygen atoms in total. The van der Waals surface area contributed by atoms with Gasteiger partial charge in [-0.15, -0.1) is 0 Å². The fraction of sp³-hybridized carbons (Fsp3) is 0.0833. The summed E-state index contributed by atoms with van der Waals surface area (Å²) in [6.07, 6.45) is 1.69. The van der Waals surface area contributed by atoms with Crippen molar-refractivity contribution >= 4 is 17.4 Å². The molecule has 82 valence electrons. The molecule has 0 radical (unpaired) electrons. The summed E-state index contributed by atoms with van der Waals surface area (Å²) >= 11 is 5.94. The van der Waals surface area contributed by atoms with E-state index < -0.39 is 0 Å². The first-order valence-electron chi connectivity index (χ1n) is 4.84. The minimum atomic E-state index is -0.290. The number of pyridine rings is 1. The van der Waals surface area contributed by atoms with Crippen LogP contribution in [0.5, 0.6) is 0 Å². The molecule has 0 saturated heterocycles. The van der Waals surface area contributed by atoms with Crippen molar-refractivity contribution < 1.29 is 4.39 Å². The number of anilines is 1. The Bertz CT molecular complexity index is 474. The van der Waals surface area contributed by atoms with Gasteiger partial charge in [0.2, 0.25) is 0 Å². The highest BCUT2D eigenvalue weighted by atomic mass is 35.5. The van der Waals surface area contributed by atoms with Gasteiger partial charge in [-0.05, 0) is 35.9 Å². The lowest BCUT2D eigenvalue weighted by molar-refractivity contribution is 0.626. The summed E-state index contributed by atoms with van der Waals surface area (Å²) < 4.78 is 13.0. The summed E-state index contributed by atoms with van der Waals surface area (Å²) in [6, 6.07) is 9.85. The van der Waals surface area contributed by atoms with E-state index in [4.69, 9.17) is 11.6 Å². The summed E-state index contributed by atoms with van der Waals surface area (Å²) in [4.78, 5) is 4.10. The van der Waals surface area contributed by atoms with Crippen LogP contribution in [0.1, 0.15) is 5.56 Å². The number of benzene rings is 1. The molecule has 0 fully saturated rings. The van der Waals surface area contributed by atoms with Crippen molar-refractivity contribution in [3.63, 3.8) is 0 Å². The van der Waals surface area contributed by atoms with E-state index in [0.717, 1.165) is 5.82 Å². The Morgan fingerprint density at radius 2 is 2.12 bits per heavy atom. The molecule has 1 N–H and O–H groups in total. The van der Waals surface area contributed by atoms with E-state index in [9.17, 15) is 4.39 Å². The minimum absolute atomic E-state index is 0.290. The predicted molar refractivity (Wildman–Crippen MR) is 63.0 cm³/mol. The van der Waals surface area contributed by atoms with Gasteiger partial charge >= 0.3 is 0 Å². The van der Waals surface area contributed by atoms with E-state index in [1.807, 2.05) is 18.2 Å². The Morgan fingerprint density at radius 1 is 1.25 bits per heavy atom. The molecule has 0 saturated carbocycles. The maximum Gasteiger partial charge on any atom is 0.126 e. The van der Waals surface area contributed by atoms with E-state index in [-0.39, 0.29) is 5.82 Å². The summed E-state index contributed by atoms with van der Waals surface area (Å²) in [5.74, 6) is 0.449. The normalized spacial score (nSPS) is 10.1. The third-order valence-electron chi connectivity index (χ3n) is 2.13. The van der Waals surface area contributed by atoms with Crippen LogP contribution in [0.25, 0.3) is 0 Å². The molecule has 1 aromatic carbocycles. The molecule has 2 rings (SSSR count). The molecule has 0 unspecified atom stereocenters. The summed E-state index contributed by atoms with van der Waals surface area (Å²) in [5.41, 5.74) is 0.715. The van der Waals surface area contributed by atoms with Crippen LogP contribution in [0.2, 0.25) is 5.02 Å². The third-order valence-corrected chi connectivity index (χ3v) is 2.50. The topological polar surface area (TPSA) is 24.9 Å². The van der Waals surface area contributed by atoms with E-state index in [2.05, 4.69) is 10.3 Å². The highest BCUT2D eigenvalue weighted by Gasteiger charge is 2.02. The standard InChI is InChI=1S/C12H10ClFN2/c13-11-5-4-10(14)7-9(11)8-16-12-3-1-2-6-15-12/h1-7H,8H2,(H,15,16). The average Bonchev–Trinajstić information content (AvgIpc) is 2.32. The molecule has 0 aliphatic rings. The van der Waals surface area contributed by atoms with Gasteiger partial charge in [-0.25, -0.2) is 9.37 Å². The van der Waals surface area contributed by atoms with Crippen molar-refractivity contribution in [3.8, 4) is 0 Å². The van der Waals surface area contributed by atoms with Gasteiger partial charge in [0.1, 0.15) is 11.6 Å². The molecule has 0 atom stereocenters. The van der Waals surface area contributed by atoms with Crippen molar-refractivity contribution in [1.29, 1.82) is 0 Å². The lowest BCUT2D eigenvalue weighted by Gasteiger charge is -2.07. The Balaban J connectivity index is 2.08. The highest BCUT2D eigenvalue weighted by molar-refractivity contribution is 6.31. The summed E-state index contributed by atoms with van der Waals surface area (Å²) in [7, 11) is 0. The van der Waals surface area contributed by atoms with Crippen LogP contribution in [0.15, 0.2) is 42.6 Å². The first kappa shape index (κ1) is 10.9. The lowest BCUT2D eigenvalue weighted by Crippen LogP contribution is -2.01. The Labute approximate surface area is 98.1 Å². The Morgan fingerprint density at radius 3 is 2.88 bits per heavy atom. The van der Waals surface area contributed by atoms with E-state index in [1.165, 1.54) is 12.1 Å². The second-order valence-corrected chi connectivity index (χ2v) is 3.71. The van der Waals surface area contributed by atoms with Crippen molar-refractivity contribution in [2.75, 3.05) is 5.32 Å². The monoisotopic (exact) mass is 236 g/mol. The molecule has 0 amide bonds. The minimum Gasteiger partial charge on any atom is -0.366 e. The van der Waals surface area contributed by atoms with Crippen molar-refractivity contribution in [2.24, 2.45) is 0 Å². The van der Waals surface area contributed by atoms with Crippen LogP contribution >= 0.6 is 11.6 Å². The molecular weight excluding hydrogens is 227 g/mol. The third kappa shape index (κ3) is 2.70. The Kier molecular flexibility index (Phi) is 3.37. The van der Waals surface area contributed by atoms with Crippen LogP contribution in [0.3, 0.4) is 0 Å². The number of hydrogen-bond acceptors (Lipinski definition) is 2. The maximum atomic E-state index is 13.0. The zero-order valence-corrected chi connectivity index (χ0v) is 9.21. The quantitative estimate of drug-likeness (QED) is 0.883.